The van der Waals surface area contributed by atoms with Crippen LogP contribution in [0.25, 0.3) is 0 Å². The number of ether oxygens (including phenoxy) is 1. The lowest BCUT2D eigenvalue weighted by Crippen LogP contribution is -2.37. The van der Waals surface area contributed by atoms with Crippen molar-refractivity contribution in [1.29, 1.82) is 0 Å². The van der Waals surface area contributed by atoms with Gasteiger partial charge in [-0.25, -0.2) is 4.98 Å². The maximum atomic E-state index is 12.6. The molecule has 1 atom stereocenters. The van der Waals surface area contributed by atoms with Crippen LogP contribution in [-0.4, -0.2) is 34.6 Å². The van der Waals surface area contributed by atoms with E-state index in [1.807, 2.05) is 0 Å². The highest BCUT2D eigenvalue weighted by atomic mass is 19.4. The fourth-order valence-electron chi connectivity index (χ4n) is 2.55. The largest absolute Gasteiger partial charge is 0.416 e. The van der Waals surface area contributed by atoms with Gasteiger partial charge in [0.25, 0.3) is 0 Å². The lowest BCUT2D eigenvalue weighted by Gasteiger charge is -2.32. The monoisotopic (exact) mass is 311 g/mol. The molecule has 3 rings (SSSR count). The molecule has 1 aliphatic heterocycles. The minimum absolute atomic E-state index is 0.209. The number of hydrogen-bond donors (Lipinski definition) is 1. The zero-order chi connectivity index (χ0) is 15.6. The number of halogens is 3. The Kier molecular flexibility index (Phi) is 4.17. The second-order valence-corrected chi connectivity index (χ2v) is 5.29. The van der Waals surface area contributed by atoms with Crippen LogP contribution in [0.2, 0.25) is 0 Å². The molecule has 4 nitrogen and oxygen atoms in total. The van der Waals surface area contributed by atoms with Crippen molar-refractivity contribution in [3.63, 3.8) is 0 Å². The van der Waals surface area contributed by atoms with Crippen molar-refractivity contribution in [2.45, 2.75) is 18.8 Å². The summed E-state index contributed by atoms with van der Waals surface area (Å²) in [7, 11) is 0. The van der Waals surface area contributed by atoms with E-state index in [-0.39, 0.29) is 6.10 Å². The molecule has 2 heterocycles. The van der Waals surface area contributed by atoms with Gasteiger partial charge in [-0.05, 0) is 17.7 Å². The van der Waals surface area contributed by atoms with E-state index < -0.39 is 11.7 Å². The second kappa shape index (κ2) is 6.10. The van der Waals surface area contributed by atoms with E-state index in [2.05, 4.69) is 14.9 Å². The molecule has 1 N–H and O–H groups in total. The van der Waals surface area contributed by atoms with Gasteiger partial charge in [-0.1, -0.05) is 12.1 Å². The molecule has 1 aliphatic rings. The fraction of sp³-hybridized carbons (Fsp3) is 0.400. The van der Waals surface area contributed by atoms with Crippen molar-refractivity contribution in [1.82, 2.24) is 14.9 Å². The van der Waals surface area contributed by atoms with Crippen molar-refractivity contribution < 1.29 is 17.9 Å². The number of hydrogen-bond acceptors (Lipinski definition) is 3. The molecule has 0 amide bonds. The summed E-state index contributed by atoms with van der Waals surface area (Å²) in [6.07, 6.45) is -1.12. The molecule has 2 aromatic rings. The molecule has 1 fully saturated rings. The van der Waals surface area contributed by atoms with Crippen molar-refractivity contribution in [2.75, 3.05) is 19.7 Å². The van der Waals surface area contributed by atoms with Crippen LogP contribution in [0.5, 0.6) is 0 Å². The molecular formula is C15H16F3N3O. The summed E-state index contributed by atoms with van der Waals surface area (Å²) in [6, 6.07) is 5.19. The summed E-state index contributed by atoms with van der Waals surface area (Å²) in [5.41, 5.74) is 1.14. The highest BCUT2D eigenvalue weighted by molar-refractivity contribution is 5.26. The quantitative estimate of drug-likeness (QED) is 0.947. The van der Waals surface area contributed by atoms with Crippen molar-refractivity contribution in [3.05, 3.63) is 53.6 Å². The Bertz CT molecular complexity index is 595. The number of aromatic amines is 1. The Morgan fingerprint density at radius 1 is 1.27 bits per heavy atom. The average Bonchev–Trinajstić information content (AvgIpc) is 3.00. The summed E-state index contributed by atoms with van der Waals surface area (Å²) in [5.74, 6) is 0. The number of H-pyrrole nitrogens is 1. The molecular weight excluding hydrogens is 295 g/mol. The first-order valence-electron chi connectivity index (χ1n) is 7.01. The first kappa shape index (κ1) is 15.1. The van der Waals surface area contributed by atoms with Gasteiger partial charge in [0.15, 0.2) is 0 Å². The lowest BCUT2D eigenvalue weighted by molar-refractivity contribution is -0.137. The van der Waals surface area contributed by atoms with E-state index in [1.54, 1.807) is 12.5 Å². The number of nitrogens with one attached hydrogen (secondary N) is 1. The topological polar surface area (TPSA) is 41.2 Å². The van der Waals surface area contributed by atoms with E-state index in [9.17, 15) is 13.2 Å². The second-order valence-electron chi connectivity index (χ2n) is 5.29. The third-order valence-corrected chi connectivity index (χ3v) is 3.71. The molecule has 1 aromatic heterocycles. The molecule has 0 bridgehead atoms. The van der Waals surface area contributed by atoms with Gasteiger partial charge in [0.05, 0.1) is 24.6 Å². The SMILES string of the molecule is FC(F)(F)c1ccc([C@H]2CN(Cc3cnc[nH]3)CCO2)cc1. The van der Waals surface area contributed by atoms with Crippen LogP contribution < -0.4 is 0 Å². The van der Waals surface area contributed by atoms with Crippen LogP contribution in [0, 0.1) is 0 Å². The van der Waals surface area contributed by atoms with Crippen LogP contribution in [0.1, 0.15) is 22.9 Å². The number of nitrogens with zero attached hydrogens (tertiary/aromatic N) is 2. The number of imidazole rings is 1. The normalized spacial score (nSPS) is 20.2. The lowest BCUT2D eigenvalue weighted by atomic mass is 10.1. The number of benzene rings is 1. The molecule has 0 saturated carbocycles. The van der Waals surface area contributed by atoms with E-state index in [4.69, 9.17) is 4.74 Å². The minimum atomic E-state index is -4.31. The highest BCUT2D eigenvalue weighted by Crippen LogP contribution is 2.31. The van der Waals surface area contributed by atoms with Crippen molar-refractivity contribution >= 4 is 0 Å². The van der Waals surface area contributed by atoms with Crippen molar-refractivity contribution in [2.24, 2.45) is 0 Å². The van der Waals surface area contributed by atoms with Gasteiger partial charge in [0.1, 0.15) is 0 Å². The van der Waals surface area contributed by atoms with Gasteiger partial charge >= 0.3 is 6.18 Å². The van der Waals surface area contributed by atoms with E-state index in [0.29, 0.717) is 13.2 Å². The average molecular weight is 311 g/mol. The van der Waals surface area contributed by atoms with Gasteiger partial charge in [0, 0.05) is 31.5 Å². The van der Waals surface area contributed by atoms with Crippen LogP contribution >= 0.6 is 0 Å². The van der Waals surface area contributed by atoms with Gasteiger partial charge < -0.3 is 9.72 Å². The highest BCUT2D eigenvalue weighted by Gasteiger charge is 2.30. The molecule has 1 aromatic carbocycles. The summed E-state index contributed by atoms with van der Waals surface area (Å²) in [4.78, 5) is 9.22. The Hall–Kier alpha value is -1.86. The summed E-state index contributed by atoms with van der Waals surface area (Å²) in [6.45, 7) is 2.71. The van der Waals surface area contributed by atoms with E-state index in [0.717, 1.165) is 36.5 Å². The molecule has 118 valence electrons. The predicted octanol–water partition coefficient (Wildman–Crippen LogP) is 3.00. The zero-order valence-corrected chi connectivity index (χ0v) is 11.8. The summed E-state index contributed by atoms with van der Waals surface area (Å²) >= 11 is 0. The summed E-state index contributed by atoms with van der Waals surface area (Å²) < 4.78 is 43.5. The van der Waals surface area contributed by atoms with Crippen LogP contribution in [0.4, 0.5) is 13.2 Å². The van der Waals surface area contributed by atoms with Gasteiger partial charge in [-0.2, -0.15) is 13.2 Å². The smallest absolute Gasteiger partial charge is 0.371 e. The molecule has 22 heavy (non-hydrogen) atoms. The van der Waals surface area contributed by atoms with Gasteiger partial charge in [-0.3, -0.25) is 4.90 Å². The standard InChI is InChI=1S/C15H16F3N3O/c16-15(17,18)12-3-1-11(2-4-12)14-9-21(5-6-22-14)8-13-7-19-10-20-13/h1-4,7,10,14H,5-6,8-9H2,(H,19,20)/t14-/m1/s1. The fourth-order valence-corrected chi connectivity index (χ4v) is 2.55. The third-order valence-electron chi connectivity index (χ3n) is 3.71. The van der Waals surface area contributed by atoms with Crippen LogP contribution in [-0.2, 0) is 17.5 Å². The molecule has 7 heteroatoms. The van der Waals surface area contributed by atoms with E-state index >= 15 is 0 Å². The number of alkyl halides is 3. The van der Waals surface area contributed by atoms with Crippen LogP contribution in [0.15, 0.2) is 36.8 Å². The van der Waals surface area contributed by atoms with Crippen molar-refractivity contribution in [3.8, 4) is 0 Å². The van der Waals surface area contributed by atoms with Crippen LogP contribution in [0.3, 0.4) is 0 Å². The Morgan fingerprint density at radius 3 is 2.68 bits per heavy atom. The molecule has 0 spiro atoms. The molecule has 0 radical (unpaired) electrons. The minimum Gasteiger partial charge on any atom is -0.371 e. The first-order valence-corrected chi connectivity index (χ1v) is 7.01. The van der Waals surface area contributed by atoms with E-state index in [1.165, 1.54) is 12.1 Å². The zero-order valence-electron chi connectivity index (χ0n) is 11.8. The number of rotatable bonds is 3. The maximum Gasteiger partial charge on any atom is 0.416 e. The molecule has 0 unspecified atom stereocenters. The summed E-state index contributed by atoms with van der Waals surface area (Å²) in [5, 5.41) is 0. The first-order chi connectivity index (χ1) is 10.5. The number of morpholine rings is 1. The predicted molar refractivity (Wildman–Crippen MR) is 74.0 cm³/mol. The molecule has 1 saturated heterocycles. The third kappa shape index (κ3) is 3.48. The number of aromatic nitrogens is 2. The Labute approximate surface area is 125 Å². The van der Waals surface area contributed by atoms with Gasteiger partial charge in [0.2, 0.25) is 0 Å². The maximum absolute atomic E-state index is 12.6. The molecule has 0 aliphatic carbocycles. The Morgan fingerprint density at radius 2 is 2.05 bits per heavy atom. The van der Waals surface area contributed by atoms with Gasteiger partial charge in [-0.15, -0.1) is 0 Å². The Balaban J connectivity index is 1.66.